The summed E-state index contributed by atoms with van der Waals surface area (Å²) in [6.45, 7) is 11.2. The van der Waals surface area contributed by atoms with Gasteiger partial charge in [-0.1, -0.05) is 36.9 Å². The number of fused-ring (bicyclic) bond motifs is 1. The highest BCUT2D eigenvalue weighted by Gasteiger charge is 2.34. The summed E-state index contributed by atoms with van der Waals surface area (Å²) < 4.78 is 0. The number of amides is 1. The molecule has 0 aliphatic carbocycles. The molecule has 0 spiro atoms. The van der Waals surface area contributed by atoms with Gasteiger partial charge < -0.3 is 19.6 Å². The topological polar surface area (TPSA) is 93.7 Å². The Labute approximate surface area is 231 Å². The smallest absolute Gasteiger partial charge is 0.246 e. The van der Waals surface area contributed by atoms with Gasteiger partial charge in [-0.3, -0.25) is 9.69 Å². The monoisotopic (exact) mass is 524 g/mol. The molecule has 9 heteroatoms. The van der Waals surface area contributed by atoms with Crippen LogP contribution in [-0.2, 0) is 24.3 Å². The van der Waals surface area contributed by atoms with Crippen LogP contribution in [0.5, 0.6) is 0 Å². The summed E-state index contributed by atoms with van der Waals surface area (Å²) >= 11 is 0. The maximum Gasteiger partial charge on any atom is 0.246 e. The van der Waals surface area contributed by atoms with Gasteiger partial charge in [-0.25, -0.2) is 4.98 Å². The van der Waals surface area contributed by atoms with Crippen LogP contribution in [0.3, 0.4) is 0 Å². The van der Waals surface area contributed by atoms with Crippen molar-refractivity contribution in [2.75, 3.05) is 69.2 Å². The number of anilines is 2. The number of nitrogens with zero attached hydrogens (tertiary/aromatic N) is 8. The molecule has 0 bridgehead atoms. The Morgan fingerprint density at radius 3 is 2.46 bits per heavy atom. The van der Waals surface area contributed by atoms with Crippen molar-refractivity contribution in [3.8, 4) is 12.1 Å². The minimum Gasteiger partial charge on any atom is -0.353 e. The molecule has 0 radical (unpaired) electrons. The summed E-state index contributed by atoms with van der Waals surface area (Å²) in [4.78, 5) is 28.7. The molecule has 202 valence electrons. The van der Waals surface area contributed by atoms with E-state index in [1.807, 2.05) is 6.07 Å². The second-order valence-electron chi connectivity index (χ2n) is 10.6. The lowest BCUT2D eigenvalue weighted by Crippen LogP contribution is -2.55. The molecule has 9 nitrogen and oxygen atoms in total. The summed E-state index contributed by atoms with van der Waals surface area (Å²) in [5.41, 5.74) is 4.15. The Morgan fingerprint density at radius 2 is 1.77 bits per heavy atom. The fourth-order valence-corrected chi connectivity index (χ4v) is 5.99. The normalized spacial score (nSPS) is 20.2. The van der Waals surface area contributed by atoms with Crippen molar-refractivity contribution in [1.29, 1.82) is 10.5 Å². The van der Waals surface area contributed by atoms with Crippen LogP contribution < -0.4 is 9.80 Å². The number of carbonyl (C=O) groups is 1. The lowest BCUT2D eigenvalue weighted by atomic mass is 9.94. The first kappa shape index (κ1) is 26.7. The Bertz CT molecular complexity index is 1290. The summed E-state index contributed by atoms with van der Waals surface area (Å²) in [7, 11) is 2.12. The standard InChI is InChI=1S/C30H36N8O/c1-3-28(39)38-18-17-37(21-24(38)9-11-31)29-25-10-12-35(20-23-7-5-4-6-8-23)22-27(25)26(19-32)30(33-29)36-15-13-34(2)14-16-36/h3-8,24H,1,9-10,12-18,20-22H2,2H3. The van der Waals surface area contributed by atoms with Crippen LogP contribution in [0, 0.1) is 22.7 Å². The predicted molar refractivity (Wildman–Crippen MR) is 151 cm³/mol. The lowest BCUT2D eigenvalue weighted by Gasteiger charge is -2.43. The van der Waals surface area contributed by atoms with E-state index in [0.717, 1.165) is 68.5 Å². The zero-order valence-corrected chi connectivity index (χ0v) is 22.7. The molecule has 2 fully saturated rings. The quantitative estimate of drug-likeness (QED) is 0.532. The molecule has 3 aliphatic heterocycles. The number of carbonyl (C=O) groups excluding carboxylic acids is 1. The van der Waals surface area contributed by atoms with Crippen molar-refractivity contribution in [2.24, 2.45) is 0 Å². The zero-order chi connectivity index (χ0) is 27.4. The second-order valence-corrected chi connectivity index (χ2v) is 10.6. The summed E-state index contributed by atoms with van der Waals surface area (Å²) in [5.74, 6) is 1.53. The van der Waals surface area contributed by atoms with Crippen LogP contribution in [0.4, 0.5) is 11.6 Å². The SMILES string of the molecule is C=CC(=O)N1CCN(c2nc(N3CCN(C)CC3)c(C#N)c3c2CCN(Cc2ccccc2)C3)CC1CC#N. The molecule has 3 aliphatic rings. The minimum atomic E-state index is -0.229. The third-order valence-electron chi connectivity index (χ3n) is 8.16. The molecule has 4 heterocycles. The van der Waals surface area contributed by atoms with Crippen molar-refractivity contribution < 1.29 is 4.79 Å². The van der Waals surface area contributed by atoms with Gasteiger partial charge in [0.15, 0.2) is 0 Å². The molecule has 2 aromatic rings. The van der Waals surface area contributed by atoms with Gasteiger partial charge >= 0.3 is 0 Å². The van der Waals surface area contributed by atoms with Gasteiger partial charge in [0.2, 0.25) is 5.91 Å². The van der Waals surface area contributed by atoms with Gasteiger partial charge in [0.25, 0.3) is 0 Å². The number of aromatic nitrogens is 1. The summed E-state index contributed by atoms with van der Waals surface area (Å²) in [5, 5.41) is 19.9. The van der Waals surface area contributed by atoms with Crippen LogP contribution in [-0.4, -0.2) is 91.0 Å². The van der Waals surface area contributed by atoms with Gasteiger partial charge in [0, 0.05) is 71.0 Å². The Morgan fingerprint density at radius 1 is 1.03 bits per heavy atom. The number of nitriles is 2. The van der Waals surface area contributed by atoms with E-state index in [1.165, 1.54) is 11.6 Å². The van der Waals surface area contributed by atoms with Crippen molar-refractivity contribution in [2.45, 2.75) is 32.0 Å². The van der Waals surface area contributed by atoms with Gasteiger partial charge in [-0.2, -0.15) is 10.5 Å². The molecular weight excluding hydrogens is 488 g/mol. The fourth-order valence-electron chi connectivity index (χ4n) is 5.99. The maximum absolute atomic E-state index is 12.5. The third-order valence-corrected chi connectivity index (χ3v) is 8.16. The van der Waals surface area contributed by atoms with Crippen LogP contribution in [0.1, 0.15) is 28.7 Å². The van der Waals surface area contributed by atoms with Crippen molar-refractivity contribution in [1.82, 2.24) is 19.7 Å². The molecule has 1 amide bonds. The number of hydrogen-bond donors (Lipinski definition) is 0. The molecule has 5 rings (SSSR count). The first-order valence-electron chi connectivity index (χ1n) is 13.7. The van der Waals surface area contributed by atoms with Crippen LogP contribution in [0.25, 0.3) is 0 Å². The van der Waals surface area contributed by atoms with E-state index in [-0.39, 0.29) is 18.4 Å². The summed E-state index contributed by atoms with van der Waals surface area (Å²) in [6, 6.07) is 15.0. The molecular formula is C30H36N8O. The molecule has 39 heavy (non-hydrogen) atoms. The number of likely N-dealkylation sites (N-methyl/N-ethyl adjacent to an activating group) is 1. The average molecular weight is 525 g/mol. The Kier molecular flexibility index (Phi) is 8.11. The predicted octanol–water partition coefficient (Wildman–Crippen LogP) is 2.38. The largest absolute Gasteiger partial charge is 0.353 e. The van der Waals surface area contributed by atoms with Crippen molar-refractivity contribution >= 4 is 17.5 Å². The van der Waals surface area contributed by atoms with E-state index in [1.54, 1.807) is 4.90 Å². The maximum atomic E-state index is 12.5. The zero-order valence-electron chi connectivity index (χ0n) is 22.7. The number of hydrogen-bond acceptors (Lipinski definition) is 8. The van der Waals surface area contributed by atoms with E-state index in [2.05, 4.69) is 69.6 Å². The Hall–Kier alpha value is -3.92. The Balaban J connectivity index is 1.52. The van der Waals surface area contributed by atoms with E-state index < -0.39 is 0 Å². The molecule has 1 aromatic heterocycles. The first-order valence-corrected chi connectivity index (χ1v) is 13.7. The highest BCUT2D eigenvalue weighted by molar-refractivity contribution is 5.87. The molecule has 2 saturated heterocycles. The first-order chi connectivity index (χ1) is 19.0. The summed E-state index contributed by atoms with van der Waals surface area (Å²) in [6.07, 6.45) is 2.39. The minimum absolute atomic E-state index is 0.139. The highest BCUT2D eigenvalue weighted by Crippen LogP contribution is 2.36. The number of pyridine rings is 1. The molecule has 0 N–H and O–H groups in total. The second kappa shape index (κ2) is 11.9. The van der Waals surface area contributed by atoms with Crippen LogP contribution in [0.2, 0.25) is 0 Å². The number of rotatable bonds is 6. The van der Waals surface area contributed by atoms with Crippen LogP contribution in [0.15, 0.2) is 43.0 Å². The van der Waals surface area contributed by atoms with Gasteiger partial charge in [-0.15, -0.1) is 0 Å². The van der Waals surface area contributed by atoms with E-state index in [9.17, 15) is 15.3 Å². The van der Waals surface area contributed by atoms with Gasteiger partial charge in [-0.05, 0) is 30.7 Å². The molecule has 1 aromatic carbocycles. The highest BCUT2D eigenvalue weighted by atomic mass is 16.2. The average Bonchev–Trinajstić information content (AvgIpc) is 2.97. The fraction of sp³-hybridized carbons (Fsp3) is 0.467. The van der Waals surface area contributed by atoms with Crippen LogP contribution >= 0.6 is 0 Å². The number of piperazine rings is 2. The van der Waals surface area contributed by atoms with Gasteiger partial charge in [0.05, 0.1) is 24.1 Å². The third kappa shape index (κ3) is 5.61. The molecule has 1 unspecified atom stereocenters. The lowest BCUT2D eigenvalue weighted by molar-refractivity contribution is -0.128. The van der Waals surface area contributed by atoms with Crippen molar-refractivity contribution in [3.05, 3.63) is 65.2 Å². The molecule has 1 atom stereocenters. The van der Waals surface area contributed by atoms with E-state index in [4.69, 9.17) is 4.98 Å². The van der Waals surface area contributed by atoms with E-state index in [0.29, 0.717) is 31.7 Å². The number of benzene rings is 1. The molecule has 0 saturated carbocycles. The van der Waals surface area contributed by atoms with Gasteiger partial charge in [0.1, 0.15) is 17.7 Å². The van der Waals surface area contributed by atoms with E-state index >= 15 is 0 Å². The van der Waals surface area contributed by atoms with Crippen molar-refractivity contribution in [3.63, 3.8) is 0 Å².